The lowest BCUT2D eigenvalue weighted by Gasteiger charge is -1.93. The molecule has 20 heavy (non-hydrogen) atoms. The minimum Gasteiger partial charge on any atom is -0.481 e. The summed E-state index contributed by atoms with van der Waals surface area (Å²) in [6.07, 6.45) is 2.11. The summed E-state index contributed by atoms with van der Waals surface area (Å²) in [7, 11) is 0. The number of aliphatic carboxylic acids is 1. The second kappa shape index (κ2) is 5.12. The van der Waals surface area contributed by atoms with Crippen LogP contribution in [-0.4, -0.2) is 31.1 Å². The summed E-state index contributed by atoms with van der Waals surface area (Å²) in [5, 5.41) is 16.5. The first kappa shape index (κ1) is 12.3. The monoisotopic (exact) mass is 272 g/mol. The van der Waals surface area contributed by atoms with Crippen LogP contribution in [-0.2, 0) is 17.8 Å². The first-order chi connectivity index (χ1) is 9.70. The first-order valence-corrected chi connectivity index (χ1v) is 6.16. The van der Waals surface area contributed by atoms with Crippen LogP contribution < -0.4 is 0 Å². The minimum atomic E-state index is -0.849. The molecule has 0 amide bonds. The Bertz CT molecular complexity index is 714. The number of benzene rings is 1. The van der Waals surface area contributed by atoms with Gasteiger partial charge in [-0.05, 0) is 12.1 Å². The molecular weight excluding hydrogens is 260 g/mol. The van der Waals surface area contributed by atoms with Crippen molar-refractivity contribution in [3.8, 4) is 0 Å². The molecule has 0 aliphatic carbocycles. The Morgan fingerprint density at radius 1 is 1.35 bits per heavy atom. The highest BCUT2D eigenvalue weighted by Gasteiger charge is 2.08. The lowest BCUT2D eigenvalue weighted by atomic mass is 10.2. The molecule has 0 aliphatic rings. The van der Waals surface area contributed by atoms with Gasteiger partial charge in [0, 0.05) is 12.6 Å². The van der Waals surface area contributed by atoms with Crippen molar-refractivity contribution < 1.29 is 14.3 Å². The Labute approximate surface area is 113 Å². The molecule has 2 heterocycles. The summed E-state index contributed by atoms with van der Waals surface area (Å²) in [5.74, 6) is -0.306. The number of aryl methyl sites for hydroxylation is 1. The molecule has 0 aliphatic heterocycles. The van der Waals surface area contributed by atoms with Gasteiger partial charge in [0.1, 0.15) is 12.1 Å². The second-order valence-corrected chi connectivity index (χ2v) is 4.38. The number of para-hydroxylation sites is 2. The van der Waals surface area contributed by atoms with Crippen molar-refractivity contribution in [3.05, 3.63) is 42.0 Å². The summed E-state index contributed by atoms with van der Waals surface area (Å²) in [6.45, 7) is 0.370. The molecule has 7 nitrogen and oxygen atoms in total. The molecule has 1 aromatic carbocycles. The summed E-state index contributed by atoms with van der Waals surface area (Å²) in [6, 6.07) is 7.51. The van der Waals surface area contributed by atoms with Crippen molar-refractivity contribution in [1.29, 1.82) is 0 Å². The SMILES string of the molecule is O=C(O)CCc1cn(Cc2nc3ccccc3o2)nn1. The highest BCUT2D eigenvalue weighted by Crippen LogP contribution is 2.15. The van der Waals surface area contributed by atoms with Crippen molar-refractivity contribution >= 4 is 17.1 Å². The Morgan fingerprint density at radius 3 is 3.00 bits per heavy atom. The molecule has 0 atom stereocenters. The number of aromatic nitrogens is 4. The van der Waals surface area contributed by atoms with E-state index in [4.69, 9.17) is 9.52 Å². The zero-order chi connectivity index (χ0) is 13.9. The average Bonchev–Trinajstić information content (AvgIpc) is 3.02. The van der Waals surface area contributed by atoms with Crippen LogP contribution in [0.25, 0.3) is 11.1 Å². The molecular formula is C13H12N4O3. The summed E-state index contributed by atoms with van der Waals surface area (Å²) in [4.78, 5) is 14.8. The van der Waals surface area contributed by atoms with E-state index >= 15 is 0 Å². The van der Waals surface area contributed by atoms with Gasteiger partial charge in [-0.2, -0.15) is 0 Å². The van der Waals surface area contributed by atoms with Crippen LogP contribution in [0.15, 0.2) is 34.9 Å². The molecule has 0 bridgehead atoms. The standard InChI is InChI=1S/C13H12N4O3/c18-13(19)6-5-9-7-17(16-15-9)8-12-14-10-3-1-2-4-11(10)20-12/h1-4,7H,5-6,8H2,(H,18,19). The third-order valence-electron chi connectivity index (χ3n) is 2.82. The number of hydrogen-bond acceptors (Lipinski definition) is 5. The molecule has 102 valence electrons. The highest BCUT2D eigenvalue weighted by molar-refractivity contribution is 5.72. The lowest BCUT2D eigenvalue weighted by molar-refractivity contribution is -0.136. The van der Waals surface area contributed by atoms with Crippen LogP contribution in [0, 0.1) is 0 Å². The molecule has 0 spiro atoms. The highest BCUT2D eigenvalue weighted by atomic mass is 16.4. The topological polar surface area (TPSA) is 94.0 Å². The van der Waals surface area contributed by atoms with Crippen LogP contribution in [0.5, 0.6) is 0 Å². The van der Waals surface area contributed by atoms with E-state index in [1.807, 2.05) is 24.3 Å². The molecule has 3 rings (SSSR count). The minimum absolute atomic E-state index is 0.0432. The number of nitrogens with zero attached hydrogens (tertiary/aromatic N) is 4. The fraction of sp³-hybridized carbons (Fsp3) is 0.231. The Hall–Kier alpha value is -2.70. The van der Waals surface area contributed by atoms with Gasteiger partial charge < -0.3 is 9.52 Å². The quantitative estimate of drug-likeness (QED) is 0.756. The van der Waals surface area contributed by atoms with E-state index < -0.39 is 5.97 Å². The summed E-state index contributed by atoms with van der Waals surface area (Å²) in [5.41, 5.74) is 2.17. The molecule has 2 aromatic heterocycles. The number of carbonyl (C=O) groups is 1. The smallest absolute Gasteiger partial charge is 0.303 e. The van der Waals surface area contributed by atoms with Gasteiger partial charge in [0.15, 0.2) is 5.58 Å². The molecule has 0 radical (unpaired) electrons. The number of oxazole rings is 1. The molecule has 0 saturated carbocycles. The zero-order valence-corrected chi connectivity index (χ0v) is 10.6. The largest absolute Gasteiger partial charge is 0.481 e. The van der Waals surface area contributed by atoms with Gasteiger partial charge in [-0.3, -0.25) is 4.79 Å². The summed E-state index contributed by atoms with van der Waals surface area (Å²) < 4.78 is 7.17. The van der Waals surface area contributed by atoms with Gasteiger partial charge in [0.2, 0.25) is 5.89 Å². The van der Waals surface area contributed by atoms with Gasteiger partial charge in [-0.1, -0.05) is 17.3 Å². The Kier molecular flexibility index (Phi) is 3.16. The maximum Gasteiger partial charge on any atom is 0.303 e. The predicted molar refractivity (Wildman–Crippen MR) is 69.1 cm³/mol. The van der Waals surface area contributed by atoms with E-state index in [-0.39, 0.29) is 6.42 Å². The number of fused-ring (bicyclic) bond motifs is 1. The third kappa shape index (κ3) is 2.66. The molecule has 7 heteroatoms. The van der Waals surface area contributed by atoms with E-state index in [1.54, 1.807) is 10.9 Å². The van der Waals surface area contributed by atoms with Gasteiger partial charge in [0.05, 0.1) is 12.1 Å². The zero-order valence-electron chi connectivity index (χ0n) is 10.6. The van der Waals surface area contributed by atoms with E-state index in [1.165, 1.54) is 0 Å². The van der Waals surface area contributed by atoms with Crippen molar-refractivity contribution in [3.63, 3.8) is 0 Å². The fourth-order valence-electron chi connectivity index (χ4n) is 1.89. The number of carboxylic acids is 1. The summed E-state index contributed by atoms with van der Waals surface area (Å²) >= 11 is 0. The number of carboxylic acid groups (broad SMARTS) is 1. The van der Waals surface area contributed by atoms with Crippen LogP contribution in [0.4, 0.5) is 0 Å². The number of hydrogen-bond donors (Lipinski definition) is 1. The van der Waals surface area contributed by atoms with E-state index in [2.05, 4.69) is 15.3 Å². The fourth-order valence-corrected chi connectivity index (χ4v) is 1.89. The maximum absolute atomic E-state index is 10.5. The lowest BCUT2D eigenvalue weighted by Crippen LogP contribution is -2.00. The molecule has 0 fully saturated rings. The Balaban J connectivity index is 1.72. The maximum atomic E-state index is 10.5. The average molecular weight is 272 g/mol. The molecule has 3 aromatic rings. The van der Waals surface area contributed by atoms with Crippen LogP contribution in [0.2, 0.25) is 0 Å². The van der Waals surface area contributed by atoms with Crippen molar-refractivity contribution in [1.82, 2.24) is 20.0 Å². The third-order valence-corrected chi connectivity index (χ3v) is 2.82. The molecule has 0 saturated heterocycles. The van der Waals surface area contributed by atoms with Crippen LogP contribution >= 0.6 is 0 Å². The van der Waals surface area contributed by atoms with Gasteiger partial charge >= 0.3 is 5.97 Å². The van der Waals surface area contributed by atoms with Gasteiger partial charge in [-0.15, -0.1) is 5.10 Å². The van der Waals surface area contributed by atoms with E-state index in [9.17, 15) is 4.79 Å². The Morgan fingerprint density at radius 2 is 2.20 bits per heavy atom. The van der Waals surface area contributed by atoms with Crippen molar-refractivity contribution in [2.24, 2.45) is 0 Å². The molecule has 0 unspecified atom stereocenters. The van der Waals surface area contributed by atoms with Crippen molar-refractivity contribution in [2.75, 3.05) is 0 Å². The van der Waals surface area contributed by atoms with Gasteiger partial charge in [0.25, 0.3) is 0 Å². The predicted octanol–water partition coefficient (Wildman–Crippen LogP) is 1.48. The normalized spacial score (nSPS) is 11.0. The van der Waals surface area contributed by atoms with E-state index in [0.29, 0.717) is 24.6 Å². The molecule has 1 N–H and O–H groups in total. The van der Waals surface area contributed by atoms with E-state index in [0.717, 1.165) is 11.1 Å². The van der Waals surface area contributed by atoms with Gasteiger partial charge in [-0.25, -0.2) is 9.67 Å². The number of rotatable bonds is 5. The van der Waals surface area contributed by atoms with Crippen LogP contribution in [0.1, 0.15) is 18.0 Å². The van der Waals surface area contributed by atoms with Crippen molar-refractivity contribution in [2.45, 2.75) is 19.4 Å². The second-order valence-electron chi connectivity index (χ2n) is 4.38. The first-order valence-electron chi connectivity index (χ1n) is 6.16. The van der Waals surface area contributed by atoms with Crippen LogP contribution in [0.3, 0.4) is 0 Å².